The van der Waals surface area contributed by atoms with Crippen molar-refractivity contribution in [2.45, 2.75) is 27.3 Å². The Labute approximate surface area is 100 Å². The molecule has 88 valence electrons. The highest BCUT2D eigenvalue weighted by atomic mass is 15.0. The van der Waals surface area contributed by atoms with E-state index in [1.165, 1.54) is 0 Å². The van der Waals surface area contributed by atoms with Gasteiger partial charge in [0.25, 0.3) is 0 Å². The van der Waals surface area contributed by atoms with Crippen molar-refractivity contribution in [3.8, 4) is 0 Å². The molecule has 0 aromatic carbocycles. The summed E-state index contributed by atoms with van der Waals surface area (Å²) in [5.74, 6) is 1.58. The van der Waals surface area contributed by atoms with Crippen molar-refractivity contribution in [2.24, 2.45) is 0 Å². The van der Waals surface area contributed by atoms with Crippen molar-refractivity contribution in [1.29, 1.82) is 0 Å². The molecule has 5 heteroatoms. The van der Waals surface area contributed by atoms with E-state index < -0.39 is 0 Å². The third-order valence-corrected chi connectivity index (χ3v) is 2.25. The summed E-state index contributed by atoms with van der Waals surface area (Å²) in [5.41, 5.74) is 2.77. The molecule has 0 saturated carbocycles. The average Bonchev–Trinajstić information content (AvgIpc) is 2.27. The highest BCUT2D eigenvalue weighted by Gasteiger charge is 1.99. The van der Waals surface area contributed by atoms with Crippen LogP contribution in [0.4, 0.5) is 5.82 Å². The standard InChI is InChI=1S/C12H15N5/c1-8-4-12(17-10(3)16-8)15-7-11-6-13-9(2)5-14-11/h4-6H,7H2,1-3H3,(H,15,16,17). The molecule has 0 aliphatic carbocycles. The van der Waals surface area contributed by atoms with Gasteiger partial charge in [-0.3, -0.25) is 9.97 Å². The summed E-state index contributed by atoms with van der Waals surface area (Å²) in [6.07, 6.45) is 3.52. The van der Waals surface area contributed by atoms with Crippen LogP contribution in [0, 0.1) is 20.8 Å². The highest BCUT2D eigenvalue weighted by Crippen LogP contribution is 2.07. The number of hydrogen-bond donors (Lipinski definition) is 1. The summed E-state index contributed by atoms with van der Waals surface area (Å²) >= 11 is 0. The van der Waals surface area contributed by atoms with Crippen molar-refractivity contribution in [2.75, 3.05) is 5.32 Å². The lowest BCUT2D eigenvalue weighted by molar-refractivity contribution is 0.954. The molecule has 5 nitrogen and oxygen atoms in total. The fourth-order valence-electron chi connectivity index (χ4n) is 1.50. The van der Waals surface area contributed by atoms with Crippen molar-refractivity contribution in [1.82, 2.24) is 19.9 Å². The van der Waals surface area contributed by atoms with Crippen molar-refractivity contribution >= 4 is 5.82 Å². The van der Waals surface area contributed by atoms with E-state index in [0.29, 0.717) is 6.54 Å². The maximum absolute atomic E-state index is 4.30. The number of nitrogens with one attached hydrogen (secondary N) is 1. The number of hydrogen-bond acceptors (Lipinski definition) is 5. The van der Waals surface area contributed by atoms with Crippen LogP contribution < -0.4 is 5.32 Å². The minimum Gasteiger partial charge on any atom is -0.364 e. The number of anilines is 1. The van der Waals surface area contributed by atoms with Crippen LogP contribution in [0.15, 0.2) is 18.5 Å². The van der Waals surface area contributed by atoms with Crippen LogP contribution in [0.25, 0.3) is 0 Å². The third-order valence-electron chi connectivity index (χ3n) is 2.25. The molecule has 0 radical (unpaired) electrons. The van der Waals surface area contributed by atoms with E-state index in [1.807, 2.05) is 26.8 Å². The number of nitrogens with zero attached hydrogens (tertiary/aromatic N) is 4. The smallest absolute Gasteiger partial charge is 0.130 e. The van der Waals surface area contributed by atoms with Gasteiger partial charge in [-0.2, -0.15) is 0 Å². The molecule has 0 unspecified atom stereocenters. The molecule has 0 amide bonds. The molecule has 0 spiro atoms. The molecule has 0 bridgehead atoms. The van der Waals surface area contributed by atoms with Crippen molar-refractivity contribution < 1.29 is 0 Å². The molecular formula is C12H15N5. The fraction of sp³-hybridized carbons (Fsp3) is 0.333. The molecule has 0 fully saturated rings. The molecule has 2 aromatic rings. The first-order chi connectivity index (χ1) is 8.13. The van der Waals surface area contributed by atoms with Gasteiger partial charge in [-0.1, -0.05) is 0 Å². The van der Waals surface area contributed by atoms with E-state index in [9.17, 15) is 0 Å². The molecule has 2 aromatic heterocycles. The highest BCUT2D eigenvalue weighted by molar-refractivity contribution is 5.36. The van der Waals surface area contributed by atoms with Crippen LogP contribution in [-0.2, 0) is 6.54 Å². The molecular weight excluding hydrogens is 214 g/mol. The summed E-state index contributed by atoms with van der Waals surface area (Å²) < 4.78 is 0. The predicted molar refractivity (Wildman–Crippen MR) is 65.6 cm³/mol. The molecule has 2 rings (SSSR count). The Morgan fingerprint density at radius 1 is 1.00 bits per heavy atom. The zero-order valence-electron chi connectivity index (χ0n) is 10.2. The van der Waals surface area contributed by atoms with Gasteiger partial charge in [-0.15, -0.1) is 0 Å². The van der Waals surface area contributed by atoms with Gasteiger partial charge < -0.3 is 5.32 Å². The Kier molecular flexibility index (Phi) is 3.27. The van der Waals surface area contributed by atoms with Gasteiger partial charge in [0.2, 0.25) is 0 Å². The second-order valence-corrected chi connectivity index (χ2v) is 3.94. The first kappa shape index (κ1) is 11.4. The third kappa shape index (κ3) is 3.21. The predicted octanol–water partition coefficient (Wildman–Crippen LogP) is 1.80. The summed E-state index contributed by atoms with van der Waals surface area (Å²) in [6.45, 7) is 6.36. The first-order valence-corrected chi connectivity index (χ1v) is 5.47. The largest absolute Gasteiger partial charge is 0.364 e. The molecule has 17 heavy (non-hydrogen) atoms. The second-order valence-electron chi connectivity index (χ2n) is 3.94. The quantitative estimate of drug-likeness (QED) is 0.869. The zero-order chi connectivity index (χ0) is 12.3. The van der Waals surface area contributed by atoms with Gasteiger partial charge in [0, 0.05) is 18.0 Å². The Morgan fingerprint density at radius 2 is 1.82 bits per heavy atom. The molecule has 2 heterocycles. The number of rotatable bonds is 3. The minimum atomic E-state index is 0.614. The van der Waals surface area contributed by atoms with E-state index in [4.69, 9.17) is 0 Å². The van der Waals surface area contributed by atoms with E-state index in [1.54, 1.807) is 12.4 Å². The van der Waals surface area contributed by atoms with Crippen LogP contribution in [-0.4, -0.2) is 19.9 Å². The Morgan fingerprint density at radius 3 is 2.47 bits per heavy atom. The minimum absolute atomic E-state index is 0.614. The van der Waals surface area contributed by atoms with Gasteiger partial charge in [-0.25, -0.2) is 9.97 Å². The lowest BCUT2D eigenvalue weighted by atomic mass is 10.4. The van der Waals surface area contributed by atoms with Crippen molar-refractivity contribution in [3.63, 3.8) is 0 Å². The van der Waals surface area contributed by atoms with Crippen LogP contribution >= 0.6 is 0 Å². The van der Waals surface area contributed by atoms with E-state index >= 15 is 0 Å². The first-order valence-electron chi connectivity index (χ1n) is 5.47. The summed E-state index contributed by atoms with van der Waals surface area (Å²) in [7, 11) is 0. The summed E-state index contributed by atoms with van der Waals surface area (Å²) in [4.78, 5) is 17.0. The maximum Gasteiger partial charge on any atom is 0.130 e. The van der Waals surface area contributed by atoms with Gasteiger partial charge in [0.1, 0.15) is 11.6 Å². The average molecular weight is 229 g/mol. The normalized spacial score (nSPS) is 10.3. The molecule has 1 N–H and O–H groups in total. The van der Waals surface area contributed by atoms with E-state index in [0.717, 1.165) is 28.7 Å². The van der Waals surface area contributed by atoms with Crippen LogP contribution in [0.2, 0.25) is 0 Å². The second kappa shape index (κ2) is 4.86. The van der Waals surface area contributed by atoms with Crippen LogP contribution in [0.3, 0.4) is 0 Å². The number of aromatic nitrogens is 4. The van der Waals surface area contributed by atoms with Gasteiger partial charge in [-0.05, 0) is 20.8 Å². The van der Waals surface area contributed by atoms with Gasteiger partial charge in [0.05, 0.1) is 24.1 Å². The Hall–Kier alpha value is -2.04. The van der Waals surface area contributed by atoms with E-state index in [-0.39, 0.29) is 0 Å². The van der Waals surface area contributed by atoms with E-state index in [2.05, 4.69) is 25.3 Å². The zero-order valence-corrected chi connectivity index (χ0v) is 10.2. The lowest BCUT2D eigenvalue weighted by Gasteiger charge is -2.06. The topological polar surface area (TPSA) is 63.6 Å². The monoisotopic (exact) mass is 229 g/mol. The molecule has 0 aliphatic heterocycles. The molecule has 0 saturated heterocycles. The van der Waals surface area contributed by atoms with Crippen LogP contribution in [0.5, 0.6) is 0 Å². The SMILES string of the molecule is Cc1cnc(CNc2cc(C)nc(C)n2)cn1. The lowest BCUT2D eigenvalue weighted by Crippen LogP contribution is -2.05. The molecule has 0 atom stereocenters. The Balaban J connectivity index is 2.04. The Bertz CT molecular complexity index is 487. The summed E-state index contributed by atoms with van der Waals surface area (Å²) in [5, 5.41) is 3.21. The fourth-order valence-corrected chi connectivity index (χ4v) is 1.50. The van der Waals surface area contributed by atoms with Crippen molar-refractivity contribution in [3.05, 3.63) is 41.4 Å². The molecule has 0 aliphatic rings. The van der Waals surface area contributed by atoms with Gasteiger partial charge >= 0.3 is 0 Å². The van der Waals surface area contributed by atoms with Crippen LogP contribution in [0.1, 0.15) is 22.9 Å². The summed E-state index contributed by atoms with van der Waals surface area (Å²) in [6, 6.07) is 1.91. The maximum atomic E-state index is 4.30. The number of aryl methyl sites for hydroxylation is 3. The van der Waals surface area contributed by atoms with Gasteiger partial charge in [0.15, 0.2) is 0 Å².